The highest BCUT2D eigenvalue weighted by atomic mass is 35.5. The number of hydrogen-bond acceptors (Lipinski definition) is 4. The van der Waals surface area contributed by atoms with Crippen molar-refractivity contribution in [3.05, 3.63) is 35.0 Å². The third-order valence-corrected chi connectivity index (χ3v) is 4.18. The molecule has 0 aliphatic carbocycles. The molecular formula is C17H18ClN3O. The van der Waals surface area contributed by atoms with Gasteiger partial charge < -0.3 is 9.32 Å². The maximum atomic E-state index is 9.37. The molecular weight excluding hydrogens is 298 g/mol. The summed E-state index contributed by atoms with van der Waals surface area (Å²) in [4.78, 5) is 6.47. The van der Waals surface area contributed by atoms with E-state index in [0.29, 0.717) is 34.3 Å². The molecule has 0 spiro atoms. The van der Waals surface area contributed by atoms with E-state index in [1.807, 2.05) is 12.1 Å². The summed E-state index contributed by atoms with van der Waals surface area (Å²) in [5.41, 5.74) is 1.13. The molecule has 1 aromatic heterocycles. The van der Waals surface area contributed by atoms with Gasteiger partial charge in [0.1, 0.15) is 6.07 Å². The van der Waals surface area contributed by atoms with Gasteiger partial charge in [-0.3, -0.25) is 0 Å². The Morgan fingerprint density at radius 1 is 1.32 bits per heavy atom. The van der Waals surface area contributed by atoms with Gasteiger partial charge in [0, 0.05) is 23.7 Å². The van der Waals surface area contributed by atoms with E-state index < -0.39 is 0 Å². The van der Waals surface area contributed by atoms with Gasteiger partial charge in [-0.05, 0) is 36.5 Å². The molecule has 2 aromatic rings. The predicted octanol–water partition coefficient (Wildman–Crippen LogP) is 4.35. The van der Waals surface area contributed by atoms with E-state index in [9.17, 15) is 5.26 Å². The van der Waals surface area contributed by atoms with Crippen LogP contribution in [0.2, 0.25) is 5.02 Å². The van der Waals surface area contributed by atoms with Gasteiger partial charge in [0.2, 0.25) is 17.5 Å². The number of nitrogens with zero attached hydrogens (tertiary/aromatic N) is 3. The number of benzene rings is 1. The summed E-state index contributed by atoms with van der Waals surface area (Å²) < 4.78 is 5.92. The number of anilines is 1. The van der Waals surface area contributed by atoms with Crippen LogP contribution in [0.5, 0.6) is 0 Å². The standard InChI is InChI=1S/C17H18ClN3O/c1-11-6-12(2)10-21(9-11)17-15(8-19)20-16(22-17)13-4-3-5-14(18)7-13/h3-5,7,11-12H,6,9-10H2,1-2H3. The maximum Gasteiger partial charge on any atom is 0.235 e. The van der Waals surface area contributed by atoms with Crippen LogP contribution < -0.4 is 4.90 Å². The van der Waals surface area contributed by atoms with Crippen molar-refractivity contribution in [2.45, 2.75) is 20.3 Å². The van der Waals surface area contributed by atoms with Crippen molar-refractivity contribution in [3.63, 3.8) is 0 Å². The first-order valence-electron chi connectivity index (χ1n) is 7.48. The van der Waals surface area contributed by atoms with Crippen LogP contribution in [0, 0.1) is 23.2 Å². The summed E-state index contributed by atoms with van der Waals surface area (Å²) in [6.07, 6.45) is 1.20. The molecule has 0 radical (unpaired) electrons. The number of aromatic nitrogens is 1. The van der Waals surface area contributed by atoms with Gasteiger partial charge >= 0.3 is 0 Å². The third-order valence-electron chi connectivity index (χ3n) is 3.94. The molecule has 3 rings (SSSR count). The second-order valence-electron chi connectivity index (χ2n) is 6.15. The number of hydrogen-bond donors (Lipinski definition) is 0. The van der Waals surface area contributed by atoms with E-state index in [0.717, 1.165) is 18.7 Å². The van der Waals surface area contributed by atoms with Crippen LogP contribution in [0.4, 0.5) is 5.88 Å². The number of nitriles is 1. The lowest BCUT2D eigenvalue weighted by Crippen LogP contribution is -2.38. The van der Waals surface area contributed by atoms with E-state index in [4.69, 9.17) is 16.0 Å². The molecule has 1 aromatic carbocycles. The largest absolute Gasteiger partial charge is 0.419 e. The number of rotatable bonds is 2. The summed E-state index contributed by atoms with van der Waals surface area (Å²) in [5, 5.41) is 9.99. The van der Waals surface area contributed by atoms with Crippen molar-refractivity contribution >= 4 is 17.5 Å². The summed E-state index contributed by atoms with van der Waals surface area (Å²) in [6.45, 7) is 6.23. The van der Waals surface area contributed by atoms with E-state index in [1.165, 1.54) is 6.42 Å². The number of oxazole rings is 1. The second kappa shape index (κ2) is 6.02. The van der Waals surface area contributed by atoms with Crippen LogP contribution >= 0.6 is 11.6 Å². The Bertz CT molecular complexity index is 709. The van der Waals surface area contributed by atoms with E-state index in [-0.39, 0.29) is 0 Å². The molecule has 22 heavy (non-hydrogen) atoms. The molecule has 0 amide bonds. The Labute approximate surface area is 135 Å². The first-order valence-corrected chi connectivity index (χ1v) is 7.86. The SMILES string of the molecule is CC1CC(C)CN(c2oc(-c3cccc(Cl)c3)nc2C#N)C1. The molecule has 0 bridgehead atoms. The van der Waals surface area contributed by atoms with Crippen molar-refractivity contribution in [1.82, 2.24) is 4.98 Å². The molecule has 1 aliphatic heterocycles. The zero-order valence-electron chi connectivity index (χ0n) is 12.7. The average Bonchev–Trinajstić information content (AvgIpc) is 2.90. The predicted molar refractivity (Wildman–Crippen MR) is 86.8 cm³/mol. The highest BCUT2D eigenvalue weighted by Gasteiger charge is 2.27. The zero-order valence-corrected chi connectivity index (χ0v) is 13.5. The van der Waals surface area contributed by atoms with Crippen LogP contribution in [-0.2, 0) is 0 Å². The fourth-order valence-electron chi connectivity index (χ4n) is 3.17. The second-order valence-corrected chi connectivity index (χ2v) is 6.58. The van der Waals surface area contributed by atoms with Gasteiger partial charge in [-0.15, -0.1) is 0 Å². The normalized spacial score (nSPS) is 21.6. The minimum atomic E-state index is 0.344. The van der Waals surface area contributed by atoms with Crippen LogP contribution in [0.1, 0.15) is 26.0 Å². The minimum absolute atomic E-state index is 0.344. The van der Waals surface area contributed by atoms with Gasteiger partial charge in [0.25, 0.3) is 0 Å². The zero-order chi connectivity index (χ0) is 15.7. The monoisotopic (exact) mass is 315 g/mol. The van der Waals surface area contributed by atoms with Crippen LogP contribution in [0.15, 0.2) is 28.7 Å². The quantitative estimate of drug-likeness (QED) is 0.826. The molecule has 1 saturated heterocycles. The van der Waals surface area contributed by atoms with Crippen LogP contribution in [-0.4, -0.2) is 18.1 Å². The van der Waals surface area contributed by atoms with E-state index in [2.05, 4.69) is 29.8 Å². The van der Waals surface area contributed by atoms with Gasteiger partial charge in [0.05, 0.1) is 0 Å². The minimum Gasteiger partial charge on any atom is -0.419 e. The third kappa shape index (κ3) is 2.95. The Balaban J connectivity index is 1.97. The van der Waals surface area contributed by atoms with Gasteiger partial charge in [-0.25, -0.2) is 0 Å². The molecule has 4 nitrogen and oxygen atoms in total. The lowest BCUT2D eigenvalue weighted by molar-refractivity contribution is 0.344. The van der Waals surface area contributed by atoms with Crippen molar-refractivity contribution < 1.29 is 4.42 Å². The molecule has 2 unspecified atom stereocenters. The van der Waals surface area contributed by atoms with Crippen LogP contribution in [0.3, 0.4) is 0 Å². The lowest BCUT2D eigenvalue weighted by atomic mass is 9.92. The summed E-state index contributed by atoms with van der Waals surface area (Å²) >= 11 is 6.02. The van der Waals surface area contributed by atoms with Crippen molar-refractivity contribution in [2.24, 2.45) is 11.8 Å². The van der Waals surface area contributed by atoms with Crippen molar-refractivity contribution in [2.75, 3.05) is 18.0 Å². The van der Waals surface area contributed by atoms with Gasteiger partial charge in [-0.2, -0.15) is 10.2 Å². The van der Waals surface area contributed by atoms with Crippen LogP contribution in [0.25, 0.3) is 11.5 Å². The lowest BCUT2D eigenvalue weighted by Gasteiger charge is -2.34. The first kappa shape index (κ1) is 14.9. The molecule has 0 N–H and O–H groups in total. The fourth-order valence-corrected chi connectivity index (χ4v) is 3.36. The highest BCUT2D eigenvalue weighted by molar-refractivity contribution is 6.30. The Morgan fingerprint density at radius 3 is 2.68 bits per heavy atom. The smallest absolute Gasteiger partial charge is 0.235 e. The first-order chi connectivity index (χ1) is 10.6. The molecule has 2 heterocycles. The molecule has 1 aliphatic rings. The summed E-state index contributed by atoms with van der Waals surface area (Å²) in [7, 11) is 0. The highest BCUT2D eigenvalue weighted by Crippen LogP contribution is 2.33. The molecule has 5 heteroatoms. The molecule has 114 valence electrons. The molecule has 1 fully saturated rings. The molecule has 2 atom stereocenters. The van der Waals surface area contributed by atoms with Gasteiger partial charge in [0.15, 0.2) is 0 Å². The topological polar surface area (TPSA) is 53.1 Å². The van der Waals surface area contributed by atoms with Crippen molar-refractivity contribution in [3.8, 4) is 17.5 Å². The van der Waals surface area contributed by atoms with E-state index in [1.54, 1.807) is 12.1 Å². The number of piperidine rings is 1. The average molecular weight is 316 g/mol. The van der Waals surface area contributed by atoms with E-state index >= 15 is 0 Å². The Morgan fingerprint density at radius 2 is 2.05 bits per heavy atom. The Hall–Kier alpha value is -1.99. The van der Waals surface area contributed by atoms with Crippen molar-refractivity contribution in [1.29, 1.82) is 5.26 Å². The summed E-state index contributed by atoms with van der Waals surface area (Å²) in [5.74, 6) is 2.18. The number of halogens is 1. The maximum absolute atomic E-state index is 9.37. The van der Waals surface area contributed by atoms with Gasteiger partial charge in [-0.1, -0.05) is 31.5 Å². The molecule has 0 saturated carbocycles. The Kier molecular flexibility index (Phi) is 4.08. The summed E-state index contributed by atoms with van der Waals surface area (Å²) in [6, 6.07) is 9.46. The fraction of sp³-hybridized carbons (Fsp3) is 0.412.